The Morgan fingerprint density at radius 2 is 1.18 bits per heavy atom. The van der Waals surface area contributed by atoms with Crippen LogP contribution < -0.4 is 4.90 Å². The van der Waals surface area contributed by atoms with Gasteiger partial charge < -0.3 is 9.64 Å². The summed E-state index contributed by atoms with van der Waals surface area (Å²) in [4.78, 5) is 14.6. The summed E-state index contributed by atoms with van der Waals surface area (Å²) in [6.45, 7) is 11.2. The first-order valence-corrected chi connectivity index (χ1v) is 12.9. The largest absolute Gasteiger partial charge is 0.463 e. The molecule has 3 aromatic carbocycles. The van der Waals surface area contributed by atoms with E-state index >= 15 is 0 Å². The lowest BCUT2D eigenvalue weighted by molar-refractivity contribution is -0.155. The Bertz CT molecular complexity index is 1330. The van der Waals surface area contributed by atoms with Crippen LogP contribution in [0.1, 0.15) is 46.6 Å². The summed E-state index contributed by atoms with van der Waals surface area (Å²) in [6, 6.07) is 24.0. The van der Waals surface area contributed by atoms with Crippen LogP contribution in [-0.2, 0) is 9.53 Å². The van der Waals surface area contributed by atoms with E-state index in [1.807, 2.05) is 74.3 Å². The molecule has 202 valence electrons. The zero-order chi connectivity index (χ0) is 28.5. The maximum Gasteiger partial charge on any atom is 0.311 e. The maximum absolute atomic E-state index is 12.5. The molecule has 0 aliphatic carbocycles. The number of carbonyl (C=O) groups is 1. The van der Waals surface area contributed by atoms with E-state index in [4.69, 9.17) is 10.00 Å². The predicted molar refractivity (Wildman–Crippen MR) is 154 cm³/mol. The van der Waals surface area contributed by atoms with E-state index in [0.29, 0.717) is 35.8 Å². The highest BCUT2D eigenvalue weighted by Gasteiger charge is 2.33. The molecular formula is C31H36N6O2. The number of likely N-dealkylation sites (N-methyl/N-ethyl adjacent to an activating group) is 1. The van der Waals surface area contributed by atoms with Crippen LogP contribution in [0.2, 0.25) is 0 Å². The van der Waals surface area contributed by atoms with Crippen molar-refractivity contribution in [3.8, 4) is 6.07 Å². The van der Waals surface area contributed by atoms with Crippen LogP contribution in [0.4, 0.5) is 28.4 Å². The summed E-state index contributed by atoms with van der Waals surface area (Å²) in [5.74, 6) is -0.163. The molecule has 0 radical (unpaired) electrons. The number of rotatable bonds is 10. The summed E-state index contributed by atoms with van der Waals surface area (Å²) in [5.41, 5.74) is 3.91. The number of anilines is 1. The number of hydrogen-bond acceptors (Lipinski definition) is 8. The van der Waals surface area contributed by atoms with E-state index in [1.54, 1.807) is 24.3 Å². The van der Waals surface area contributed by atoms with Gasteiger partial charge in [-0.3, -0.25) is 4.79 Å². The van der Waals surface area contributed by atoms with Crippen LogP contribution in [0.25, 0.3) is 0 Å². The average Bonchev–Trinajstić information content (AvgIpc) is 2.90. The van der Waals surface area contributed by atoms with Gasteiger partial charge in [-0.1, -0.05) is 20.8 Å². The number of nitrogens with zero attached hydrogens (tertiary/aromatic N) is 6. The Kier molecular flexibility index (Phi) is 9.67. The summed E-state index contributed by atoms with van der Waals surface area (Å²) < 4.78 is 5.57. The van der Waals surface area contributed by atoms with Crippen LogP contribution in [0.15, 0.2) is 93.3 Å². The molecule has 0 bridgehead atoms. The summed E-state index contributed by atoms with van der Waals surface area (Å²) >= 11 is 0. The van der Waals surface area contributed by atoms with Crippen molar-refractivity contribution in [1.82, 2.24) is 0 Å². The number of hydrogen-bond donors (Lipinski definition) is 0. The van der Waals surface area contributed by atoms with Crippen LogP contribution in [0.3, 0.4) is 0 Å². The molecule has 0 spiro atoms. The maximum atomic E-state index is 12.5. The normalized spacial score (nSPS) is 12.0. The average molecular weight is 525 g/mol. The number of carbonyl (C=O) groups excluding carboxylic acids is 1. The van der Waals surface area contributed by atoms with Crippen molar-refractivity contribution < 1.29 is 9.53 Å². The number of nitriles is 1. The van der Waals surface area contributed by atoms with Crippen molar-refractivity contribution in [3.63, 3.8) is 0 Å². The zero-order valence-electron chi connectivity index (χ0n) is 23.5. The molecule has 0 atom stereocenters. The van der Waals surface area contributed by atoms with Gasteiger partial charge in [0, 0.05) is 12.7 Å². The molecule has 0 saturated carbocycles. The third kappa shape index (κ3) is 9.46. The zero-order valence-corrected chi connectivity index (χ0v) is 23.5. The van der Waals surface area contributed by atoms with Crippen molar-refractivity contribution in [1.29, 1.82) is 5.26 Å². The Morgan fingerprint density at radius 1 is 0.769 bits per heavy atom. The second kappa shape index (κ2) is 12.9. The van der Waals surface area contributed by atoms with Gasteiger partial charge in [0.1, 0.15) is 6.61 Å². The molecule has 0 aromatic heterocycles. The highest BCUT2D eigenvalue weighted by Crippen LogP contribution is 2.34. The van der Waals surface area contributed by atoms with Gasteiger partial charge >= 0.3 is 5.97 Å². The molecule has 0 fully saturated rings. The Hall–Kier alpha value is -4.38. The topological polar surface area (TPSA) is 103 Å². The molecule has 8 heteroatoms. The fraction of sp³-hybridized carbons (Fsp3) is 0.355. The van der Waals surface area contributed by atoms with Gasteiger partial charge in [0.15, 0.2) is 0 Å². The van der Waals surface area contributed by atoms with E-state index < -0.39 is 5.41 Å². The van der Waals surface area contributed by atoms with Crippen molar-refractivity contribution in [3.05, 3.63) is 78.4 Å². The first-order chi connectivity index (χ1) is 18.4. The molecule has 0 aliphatic rings. The Labute approximate surface area is 231 Å². The number of ether oxygens (including phenoxy) is 1. The van der Waals surface area contributed by atoms with Crippen LogP contribution >= 0.6 is 0 Å². The number of benzene rings is 3. The first kappa shape index (κ1) is 29.2. The Balaban J connectivity index is 1.49. The smallest absolute Gasteiger partial charge is 0.311 e. The monoisotopic (exact) mass is 524 g/mol. The lowest BCUT2D eigenvalue weighted by Gasteiger charge is -2.30. The van der Waals surface area contributed by atoms with Crippen LogP contribution in [0, 0.1) is 22.2 Å². The summed E-state index contributed by atoms with van der Waals surface area (Å²) in [7, 11) is 1.96. The summed E-state index contributed by atoms with van der Waals surface area (Å²) in [6.07, 6.45) is 0.764. The fourth-order valence-corrected chi connectivity index (χ4v) is 4.19. The van der Waals surface area contributed by atoms with Crippen molar-refractivity contribution in [2.45, 2.75) is 41.0 Å². The standard InChI is InChI=1S/C31H36N6O2/c1-30(2,3)22-31(4,5)29(38)39-20-19-37(6)28-17-15-27(16-18-28)36-35-26-13-11-25(12-14-26)34-33-24-9-7-23(21-32)8-10-24/h7-18H,19-20,22H2,1-6H3/b34-33+,36-35+. The molecule has 3 rings (SSSR count). The van der Waals surface area contributed by atoms with Crippen LogP contribution in [-0.4, -0.2) is 26.2 Å². The van der Waals surface area contributed by atoms with E-state index in [1.165, 1.54) is 0 Å². The first-order valence-electron chi connectivity index (χ1n) is 12.9. The second-order valence-electron chi connectivity index (χ2n) is 11.3. The third-order valence-corrected chi connectivity index (χ3v) is 5.88. The predicted octanol–water partition coefficient (Wildman–Crippen LogP) is 8.83. The quantitative estimate of drug-likeness (QED) is 0.195. The molecule has 39 heavy (non-hydrogen) atoms. The number of azo groups is 2. The van der Waals surface area contributed by atoms with Crippen molar-refractivity contribution >= 4 is 34.4 Å². The third-order valence-electron chi connectivity index (χ3n) is 5.88. The van der Waals surface area contributed by atoms with Gasteiger partial charge in [-0.15, -0.1) is 0 Å². The molecule has 0 N–H and O–H groups in total. The highest BCUT2D eigenvalue weighted by molar-refractivity contribution is 5.76. The van der Waals surface area contributed by atoms with E-state index in [9.17, 15) is 4.79 Å². The lowest BCUT2D eigenvalue weighted by Crippen LogP contribution is -2.33. The van der Waals surface area contributed by atoms with Gasteiger partial charge in [0.2, 0.25) is 0 Å². The van der Waals surface area contributed by atoms with Gasteiger partial charge in [-0.05, 0) is 98.5 Å². The molecular weight excluding hydrogens is 488 g/mol. The molecule has 3 aromatic rings. The van der Waals surface area contributed by atoms with Crippen molar-refractivity contribution in [2.75, 3.05) is 25.1 Å². The van der Waals surface area contributed by atoms with Gasteiger partial charge in [-0.2, -0.15) is 25.7 Å². The summed E-state index contributed by atoms with van der Waals surface area (Å²) in [5, 5.41) is 25.9. The number of esters is 1. The highest BCUT2D eigenvalue weighted by atomic mass is 16.5. The minimum atomic E-state index is -0.514. The molecule has 0 saturated heterocycles. The molecule has 0 aliphatic heterocycles. The molecule has 0 unspecified atom stereocenters. The van der Waals surface area contributed by atoms with Crippen LogP contribution in [0.5, 0.6) is 0 Å². The van der Waals surface area contributed by atoms with Gasteiger partial charge in [0.05, 0.1) is 46.3 Å². The van der Waals surface area contributed by atoms with Gasteiger partial charge in [-0.25, -0.2) is 0 Å². The van der Waals surface area contributed by atoms with E-state index in [2.05, 4.69) is 47.3 Å². The van der Waals surface area contributed by atoms with E-state index in [-0.39, 0.29) is 11.4 Å². The fourth-order valence-electron chi connectivity index (χ4n) is 4.19. The SMILES string of the molecule is CN(CCOC(=O)C(C)(C)CC(C)(C)C)c1ccc(/N=N/c2ccc(/N=N/c3ccc(C#N)cc3)cc2)cc1. The second-order valence-corrected chi connectivity index (χ2v) is 11.3. The van der Waals surface area contributed by atoms with E-state index in [0.717, 1.165) is 17.8 Å². The molecule has 0 amide bonds. The minimum Gasteiger partial charge on any atom is -0.463 e. The molecule has 8 nitrogen and oxygen atoms in total. The lowest BCUT2D eigenvalue weighted by atomic mass is 9.76. The Morgan fingerprint density at radius 3 is 1.59 bits per heavy atom. The van der Waals surface area contributed by atoms with Crippen molar-refractivity contribution in [2.24, 2.45) is 31.3 Å². The molecule has 0 heterocycles. The van der Waals surface area contributed by atoms with Gasteiger partial charge in [0.25, 0.3) is 0 Å². The minimum absolute atomic E-state index is 0.0574.